The lowest BCUT2D eigenvalue weighted by Crippen LogP contribution is -2.37. The van der Waals surface area contributed by atoms with E-state index in [0.717, 1.165) is 43.0 Å². The van der Waals surface area contributed by atoms with Crippen molar-refractivity contribution >= 4 is 59.0 Å². The van der Waals surface area contributed by atoms with Crippen LogP contribution in [0.4, 0.5) is 0 Å². The summed E-state index contributed by atoms with van der Waals surface area (Å²) < 4.78 is 0. The highest BCUT2D eigenvalue weighted by Crippen LogP contribution is 2.21. The molecule has 0 bridgehead atoms. The molecule has 0 unspecified atom stereocenters. The van der Waals surface area contributed by atoms with E-state index >= 15 is 0 Å². The Kier molecular flexibility index (Phi) is 11.3. The van der Waals surface area contributed by atoms with E-state index in [0.29, 0.717) is 22.2 Å². The highest BCUT2D eigenvalue weighted by atomic mass is 127. The molecule has 152 valence electrons. The molecule has 0 saturated heterocycles. The third-order valence-electron chi connectivity index (χ3n) is 3.91. The van der Waals surface area contributed by atoms with E-state index in [2.05, 4.69) is 15.6 Å². The minimum absolute atomic E-state index is 0. The predicted octanol–water partition coefficient (Wildman–Crippen LogP) is 4.40. The van der Waals surface area contributed by atoms with Gasteiger partial charge in [-0.05, 0) is 55.2 Å². The Labute approximate surface area is 193 Å². The molecule has 2 aromatic rings. The fourth-order valence-corrected chi connectivity index (χ4v) is 3.05. The summed E-state index contributed by atoms with van der Waals surface area (Å²) in [6, 6.07) is 12.7. The van der Waals surface area contributed by atoms with E-state index in [-0.39, 0.29) is 24.0 Å². The molecule has 1 amide bonds. The van der Waals surface area contributed by atoms with Crippen LogP contribution in [0.15, 0.2) is 47.5 Å². The molecule has 2 aromatic carbocycles. The molecule has 5 nitrogen and oxygen atoms in total. The number of halogens is 3. The quantitative estimate of drug-likeness (QED) is 0.203. The van der Waals surface area contributed by atoms with E-state index in [9.17, 15) is 4.79 Å². The molecular formula is C20H25Cl2IN4O. The summed E-state index contributed by atoms with van der Waals surface area (Å²) >= 11 is 12.1. The smallest absolute Gasteiger partial charge is 0.248 e. The van der Waals surface area contributed by atoms with Gasteiger partial charge in [-0.15, -0.1) is 24.0 Å². The second-order valence-corrected chi connectivity index (χ2v) is 6.87. The number of aryl methyl sites for hydroxylation is 1. The molecule has 0 radical (unpaired) electrons. The number of carbonyl (C=O) groups is 1. The maximum absolute atomic E-state index is 11.3. The van der Waals surface area contributed by atoms with Gasteiger partial charge in [0.1, 0.15) is 0 Å². The van der Waals surface area contributed by atoms with Crippen molar-refractivity contribution in [1.82, 2.24) is 10.6 Å². The first kappa shape index (κ1) is 24.5. The number of amides is 1. The molecule has 0 spiro atoms. The van der Waals surface area contributed by atoms with Gasteiger partial charge >= 0.3 is 0 Å². The number of benzene rings is 2. The summed E-state index contributed by atoms with van der Waals surface area (Å²) in [5, 5.41) is 7.85. The Hall–Kier alpha value is -1.51. The zero-order valence-corrected chi connectivity index (χ0v) is 19.5. The number of aliphatic imine (C=N–C) groups is 1. The lowest BCUT2D eigenvalue weighted by atomic mass is 10.1. The van der Waals surface area contributed by atoms with Crippen molar-refractivity contribution in [1.29, 1.82) is 0 Å². The summed E-state index contributed by atoms with van der Waals surface area (Å²) in [5.41, 5.74) is 7.81. The van der Waals surface area contributed by atoms with Crippen LogP contribution in [0.5, 0.6) is 0 Å². The summed E-state index contributed by atoms with van der Waals surface area (Å²) in [5.74, 6) is 0.288. The second-order valence-electron chi connectivity index (χ2n) is 6.03. The van der Waals surface area contributed by atoms with Gasteiger partial charge in [0.15, 0.2) is 5.96 Å². The molecule has 0 aliphatic carbocycles. The van der Waals surface area contributed by atoms with Gasteiger partial charge in [0.05, 0.1) is 6.54 Å². The van der Waals surface area contributed by atoms with Crippen LogP contribution in [0.3, 0.4) is 0 Å². The van der Waals surface area contributed by atoms with Crippen molar-refractivity contribution in [2.45, 2.75) is 26.3 Å². The van der Waals surface area contributed by atoms with Crippen LogP contribution in [0.1, 0.15) is 34.8 Å². The average Bonchev–Trinajstić information content (AvgIpc) is 2.64. The fraction of sp³-hybridized carbons (Fsp3) is 0.300. The molecule has 0 aliphatic heterocycles. The van der Waals surface area contributed by atoms with E-state index in [4.69, 9.17) is 28.9 Å². The first-order chi connectivity index (χ1) is 13.0. The zero-order chi connectivity index (χ0) is 19.6. The molecule has 4 N–H and O–H groups in total. The molecule has 0 fully saturated rings. The van der Waals surface area contributed by atoms with E-state index in [1.54, 1.807) is 24.3 Å². The van der Waals surface area contributed by atoms with Crippen molar-refractivity contribution in [2.24, 2.45) is 10.7 Å². The lowest BCUT2D eigenvalue weighted by Gasteiger charge is -2.12. The average molecular weight is 535 g/mol. The molecule has 0 atom stereocenters. The number of nitrogens with two attached hydrogens (primary N) is 1. The molecule has 28 heavy (non-hydrogen) atoms. The highest BCUT2D eigenvalue weighted by Gasteiger charge is 2.04. The van der Waals surface area contributed by atoms with Crippen LogP contribution in [-0.4, -0.2) is 25.0 Å². The molecular weight excluding hydrogens is 510 g/mol. The van der Waals surface area contributed by atoms with Crippen molar-refractivity contribution < 1.29 is 4.79 Å². The molecule has 0 saturated carbocycles. The van der Waals surface area contributed by atoms with Gasteiger partial charge in [0.2, 0.25) is 5.91 Å². The van der Waals surface area contributed by atoms with Gasteiger partial charge in [0, 0.05) is 28.7 Å². The van der Waals surface area contributed by atoms with Gasteiger partial charge in [0.25, 0.3) is 0 Å². The van der Waals surface area contributed by atoms with Crippen LogP contribution >= 0.6 is 47.2 Å². The molecule has 0 aliphatic rings. The molecule has 0 aromatic heterocycles. The summed E-state index contributed by atoms with van der Waals surface area (Å²) in [4.78, 5) is 15.8. The fourth-order valence-electron chi connectivity index (χ4n) is 2.55. The minimum Gasteiger partial charge on any atom is -0.366 e. The number of rotatable bonds is 8. The number of nitrogens with zero attached hydrogens (tertiary/aromatic N) is 1. The molecule has 0 heterocycles. The van der Waals surface area contributed by atoms with Gasteiger partial charge in [-0.3, -0.25) is 4.79 Å². The monoisotopic (exact) mass is 534 g/mol. The van der Waals surface area contributed by atoms with E-state index in [1.807, 2.05) is 25.1 Å². The Bertz CT molecular complexity index is 815. The maximum Gasteiger partial charge on any atom is 0.248 e. The van der Waals surface area contributed by atoms with Gasteiger partial charge in [-0.1, -0.05) is 41.4 Å². The van der Waals surface area contributed by atoms with Crippen LogP contribution in [0, 0.1) is 0 Å². The van der Waals surface area contributed by atoms with Gasteiger partial charge in [-0.2, -0.15) is 0 Å². The standard InChI is InChI=1S/C20H24Cl2N4O.HI/c1-2-24-20(26-13-14-5-3-6-16(11-14)19(23)27)25-10-4-7-15-8-9-17(21)12-18(15)22;/h3,5-6,8-9,11-12H,2,4,7,10,13H2,1H3,(H2,23,27)(H2,24,25,26);1H. The number of hydrogen-bond acceptors (Lipinski definition) is 2. The Balaban J connectivity index is 0.00000392. The van der Waals surface area contributed by atoms with E-state index in [1.165, 1.54) is 0 Å². The van der Waals surface area contributed by atoms with Crippen LogP contribution in [-0.2, 0) is 13.0 Å². The topological polar surface area (TPSA) is 79.5 Å². The van der Waals surface area contributed by atoms with Gasteiger partial charge in [-0.25, -0.2) is 4.99 Å². The van der Waals surface area contributed by atoms with E-state index < -0.39 is 5.91 Å². The third-order valence-corrected chi connectivity index (χ3v) is 4.49. The first-order valence-electron chi connectivity index (χ1n) is 8.84. The summed E-state index contributed by atoms with van der Waals surface area (Å²) in [7, 11) is 0. The van der Waals surface area contributed by atoms with Crippen LogP contribution in [0.2, 0.25) is 10.0 Å². The summed E-state index contributed by atoms with van der Waals surface area (Å²) in [6.07, 6.45) is 1.76. The minimum atomic E-state index is -0.438. The van der Waals surface area contributed by atoms with Crippen molar-refractivity contribution in [3.63, 3.8) is 0 Å². The van der Waals surface area contributed by atoms with Crippen LogP contribution < -0.4 is 16.4 Å². The predicted molar refractivity (Wildman–Crippen MR) is 128 cm³/mol. The van der Waals surface area contributed by atoms with Crippen molar-refractivity contribution in [3.8, 4) is 0 Å². The summed E-state index contributed by atoms with van der Waals surface area (Å²) in [6.45, 7) is 3.99. The Morgan fingerprint density at radius 3 is 2.61 bits per heavy atom. The van der Waals surface area contributed by atoms with Gasteiger partial charge < -0.3 is 16.4 Å². The van der Waals surface area contributed by atoms with Crippen LogP contribution in [0.25, 0.3) is 0 Å². The Morgan fingerprint density at radius 2 is 1.93 bits per heavy atom. The highest BCUT2D eigenvalue weighted by molar-refractivity contribution is 14.0. The number of carbonyl (C=O) groups excluding carboxylic acids is 1. The maximum atomic E-state index is 11.3. The largest absolute Gasteiger partial charge is 0.366 e. The normalized spacial score (nSPS) is 10.9. The second kappa shape index (κ2) is 12.9. The SMILES string of the molecule is CCNC(=NCc1cccc(C(N)=O)c1)NCCCc1ccc(Cl)cc1Cl.I. The third kappa shape index (κ3) is 8.24. The van der Waals surface area contributed by atoms with Crippen molar-refractivity contribution in [3.05, 3.63) is 69.2 Å². The number of primary amides is 1. The number of hydrogen-bond donors (Lipinski definition) is 3. The number of guanidine groups is 1. The zero-order valence-electron chi connectivity index (χ0n) is 15.7. The number of nitrogens with one attached hydrogen (secondary N) is 2. The Morgan fingerprint density at radius 1 is 1.14 bits per heavy atom. The molecule has 2 rings (SSSR count). The molecule has 8 heteroatoms. The first-order valence-corrected chi connectivity index (χ1v) is 9.60. The lowest BCUT2D eigenvalue weighted by molar-refractivity contribution is 0.1000. The van der Waals surface area contributed by atoms with Crippen molar-refractivity contribution in [2.75, 3.05) is 13.1 Å².